The van der Waals surface area contributed by atoms with Gasteiger partial charge in [-0.25, -0.2) is 0 Å². The van der Waals surface area contributed by atoms with Crippen LogP contribution in [0.25, 0.3) is 0 Å². The minimum atomic E-state index is 0.327. The molecule has 2 rings (SSSR count). The topological polar surface area (TPSA) is 47.5 Å². The number of ether oxygens (including phenoxy) is 2. The van der Waals surface area contributed by atoms with E-state index in [4.69, 9.17) is 21.1 Å². The summed E-state index contributed by atoms with van der Waals surface area (Å²) in [5.41, 5.74) is 0. The molecule has 1 aromatic rings. The molecule has 1 aliphatic rings. The Hall–Kier alpha value is -0.551. The fourth-order valence-corrected chi connectivity index (χ4v) is 2.29. The monoisotopic (exact) mass is 308 g/mol. The van der Waals surface area contributed by atoms with E-state index in [0.717, 1.165) is 18.9 Å². The average molecular weight is 308 g/mol. The molecule has 0 aliphatic carbocycles. The Labute approximate surface area is 107 Å². The third-order valence-corrected chi connectivity index (χ3v) is 2.94. The van der Waals surface area contributed by atoms with Gasteiger partial charge in [0.25, 0.3) is 0 Å². The number of anilines is 1. The summed E-state index contributed by atoms with van der Waals surface area (Å²) >= 11 is 8.75. The zero-order valence-electron chi connectivity index (χ0n) is 8.77. The molecule has 5 nitrogen and oxygen atoms in total. The predicted molar refractivity (Wildman–Crippen MR) is 62.0 cm³/mol. The molecular weight excluding hydrogens is 297 g/mol. The number of aromatic nitrogens is 2. The van der Waals surface area contributed by atoms with Gasteiger partial charge in [0.1, 0.15) is 0 Å². The van der Waals surface area contributed by atoms with Gasteiger partial charge in [-0.15, -0.1) is 0 Å². The maximum atomic E-state index is 6.00. The van der Waals surface area contributed by atoms with Crippen LogP contribution in [0.2, 0.25) is 5.15 Å². The van der Waals surface area contributed by atoms with E-state index in [1.165, 1.54) is 0 Å². The van der Waals surface area contributed by atoms with Gasteiger partial charge in [0.15, 0.2) is 0 Å². The van der Waals surface area contributed by atoms with Crippen LogP contribution in [-0.4, -0.2) is 59.4 Å². The van der Waals surface area contributed by atoms with Gasteiger partial charge in [0, 0.05) is 0 Å². The molecule has 1 radical (unpaired) electrons. The molecule has 1 aromatic heterocycles. The van der Waals surface area contributed by atoms with Crippen molar-refractivity contribution >= 4 is 38.2 Å². The van der Waals surface area contributed by atoms with Gasteiger partial charge >= 0.3 is 107 Å². The Morgan fingerprint density at radius 3 is 2.69 bits per heavy atom. The third kappa shape index (κ3) is 2.40. The summed E-state index contributed by atoms with van der Waals surface area (Å²) < 4.78 is 11.0. The molecule has 0 saturated carbocycles. The molecule has 16 heavy (non-hydrogen) atoms. The van der Waals surface area contributed by atoms with Gasteiger partial charge in [0.2, 0.25) is 0 Å². The molecule has 2 heterocycles. The SMILES string of the molecule is COc1c(Cl)nc([Se])nc1N1CCOCC1. The first-order valence-electron chi connectivity index (χ1n) is 4.83. The van der Waals surface area contributed by atoms with Gasteiger partial charge in [-0.1, -0.05) is 0 Å². The van der Waals surface area contributed by atoms with Gasteiger partial charge in [0.05, 0.1) is 0 Å². The van der Waals surface area contributed by atoms with Crippen LogP contribution in [0, 0.1) is 0 Å². The molecule has 7 heteroatoms. The number of rotatable bonds is 2. The normalized spacial score (nSPS) is 16.2. The molecule has 0 unspecified atom stereocenters. The van der Waals surface area contributed by atoms with Crippen molar-refractivity contribution < 1.29 is 9.47 Å². The van der Waals surface area contributed by atoms with Crippen molar-refractivity contribution in [2.75, 3.05) is 38.3 Å². The molecule has 0 N–H and O–H groups in total. The van der Waals surface area contributed by atoms with E-state index in [1.807, 2.05) is 0 Å². The van der Waals surface area contributed by atoms with E-state index in [1.54, 1.807) is 7.11 Å². The van der Waals surface area contributed by atoms with Crippen molar-refractivity contribution in [2.24, 2.45) is 0 Å². The molecule has 1 aliphatic heterocycles. The summed E-state index contributed by atoms with van der Waals surface area (Å²) in [5.74, 6) is 1.24. The second-order valence-corrected chi connectivity index (χ2v) is 4.38. The first kappa shape index (κ1) is 11.9. The molecule has 0 spiro atoms. The molecule has 0 bridgehead atoms. The van der Waals surface area contributed by atoms with E-state index >= 15 is 0 Å². The number of hydrogen-bond donors (Lipinski definition) is 0. The van der Waals surface area contributed by atoms with Crippen LogP contribution in [0.15, 0.2) is 0 Å². The Morgan fingerprint density at radius 2 is 2.06 bits per heavy atom. The van der Waals surface area contributed by atoms with Crippen LogP contribution in [0.1, 0.15) is 0 Å². The van der Waals surface area contributed by atoms with Crippen molar-refractivity contribution in [3.05, 3.63) is 5.15 Å². The Morgan fingerprint density at radius 1 is 1.38 bits per heavy atom. The average Bonchev–Trinajstić information content (AvgIpc) is 2.29. The Balaban J connectivity index is 2.36. The van der Waals surface area contributed by atoms with Crippen LogP contribution < -0.4 is 14.4 Å². The van der Waals surface area contributed by atoms with E-state index in [-0.39, 0.29) is 0 Å². The van der Waals surface area contributed by atoms with Gasteiger partial charge in [-0.05, 0) is 0 Å². The minimum absolute atomic E-state index is 0.327. The van der Waals surface area contributed by atoms with E-state index < -0.39 is 0 Å². The Bertz CT molecular complexity index is 385. The number of morpholine rings is 1. The summed E-state index contributed by atoms with van der Waals surface area (Å²) in [5, 5.41) is 0.327. The maximum absolute atomic E-state index is 6.00. The fourth-order valence-electron chi connectivity index (χ4n) is 1.56. The molecule has 0 amide bonds. The molecule has 1 saturated heterocycles. The second kappa shape index (κ2) is 5.19. The van der Waals surface area contributed by atoms with Crippen LogP contribution >= 0.6 is 11.6 Å². The van der Waals surface area contributed by atoms with E-state index in [9.17, 15) is 0 Å². The van der Waals surface area contributed by atoms with Crippen LogP contribution in [0.4, 0.5) is 5.82 Å². The zero-order valence-corrected chi connectivity index (χ0v) is 11.2. The van der Waals surface area contributed by atoms with Gasteiger partial charge in [-0.2, -0.15) is 0 Å². The van der Waals surface area contributed by atoms with E-state index in [2.05, 4.69) is 30.9 Å². The number of halogens is 1. The number of hydrogen-bond acceptors (Lipinski definition) is 5. The van der Waals surface area contributed by atoms with E-state index in [0.29, 0.717) is 28.8 Å². The van der Waals surface area contributed by atoms with Crippen molar-refractivity contribution in [3.63, 3.8) is 0 Å². The van der Waals surface area contributed by atoms with Gasteiger partial charge < -0.3 is 0 Å². The van der Waals surface area contributed by atoms with Crippen molar-refractivity contribution in [3.8, 4) is 5.75 Å². The molecule has 0 atom stereocenters. The molecular formula is C9H11ClN3O2Se. The fraction of sp³-hybridized carbons (Fsp3) is 0.556. The standard InChI is InChI=1S/C9H11ClN3O2Se/c1-14-6-7(10)11-9(16)12-8(6)13-2-4-15-5-3-13/h2-5H2,1H3. The summed E-state index contributed by atoms with van der Waals surface area (Å²) in [4.78, 5) is 10.4. The first-order valence-corrected chi connectivity index (χ1v) is 6.07. The second-order valence-electron chi connectivity index (χ2n) is 3.25. The predicted octanol–water partition coefficient (Wildman–Crippen LogP) is -0.231. The number of nitrogens with zero attached hydrogens (tertiary/aromatic N) is 3. The zero-order chi connectivity index (χ0) is 11.5. The first-order chi connectivity index (χ1) is 7.72. The molecule has 0 aromatic carbocycles. The summed E-state index contributed by atoms with van der Waals surface area (Å²) in [6.07, 6.45) is 0. The van der Waals surface area contributed by atoms with Crippen molar-refractivity contribution in [2.45, 2.75) is 0 Å². The third-order valence-electron chi connectivity index (χ3n) is 2.30. The van der Waals surface area contributed by atoms with Crippen LogP contribution in [0.5, 0.6) is 5.75 Å². The van der Waals surface area contributed by atoms with Crippen LogP contribution in [0.3, 0.4) is 0 Å². The van der Waals surface area contributed by atoms with Crippen molar-refractivity contribution in [1.82, 2.24) is 9.97 Å². The van der Waals surface area contributed by atoms with Crippen molar-refractivity contribution in [1.29, 1.82) is 0 Å². The summed E-state index contributed by atoms with van der Waals surface area (Å²) in [7, 11) is 1.56. The van der Waals surface area contributed by atoms with Crippen LogP contribution in [-0.2, 0) is 4.74 Å². The number of methoxy groups -OCH3 is 1. The molecule has 87 valence electrons. The molecule has 1 fully saturated rings. The quantitative estimate of drug-likeness (QED) is 0.558. The van der Waals surface area contributed by atoms with Gasteiger partial charge in [-0.3, -0.25) is 0 Å². The summed E-state index contributed by atoms with van der Waals surface area (Å²) in [6, 6.07) is 0. The summed E-state index contributed by atoms with van der Waals surface area (Å²) in [6.45, 7) is 2.94. The Kier molecular flexibility index (Phi) is 3.86.